The predicted octanol–water partition coefficient (Wildman–Crippen LogP) is 2.19. The Labute approximate surface area is 142 Å². The van der Waals surface area contributed by atoms with E-state index in [1.54, 1.807) is 6.07 Å². The molecule has 1 amide bonds. The first kappa shape index (κ1) is 16.0. The largest absolute Gasteiger partial charge is 0.376 e. The lowest BCUT2D eigenvalue weighted by atomic mass is 9.93. The Balaban J connectivity index is 1.28. The second kappa shape index (κ2) is 6.81. The summed E-state index contributed by atoms with van der Waals surface area (Å²) in [6, 6.07) is 6.96. The van der Waals surface area contributed by atoms with Crippen molar-refractivity contribution in [3.05, 3.63) is 35.6 Å². The molecule has 4 rings (SSSR count). The summed E-state index contributed by atoms with van der Waals surface area (Å²) in [5.41, 5.74) is 0.742. The van der Waals surface area contributed by atoms with Crippen LogP contribution in [-0.4, -0.2) is 43.2 Å². The number of ether oxygens (including phenoxy) is 1. The number of benzene rings is 1. The van der Waals surface area contributed by atoms with Crippen molar-refractivity contribution in [3.8, 4) is 0 Å². The van der Waals surface area contributed by atoms with Gasteiger partial charge in [0.1, 0.15) is 5.82 Å². The van der Waals surface area contributed by atoms with Crippen molar-refractivity contribution in [3.63, 3.8) is 0 Å². The number of likely N-dealkylation sites (tertiary alicyclic amines) is 1. The van der Waals surface area contributed by atoms with E-state index in [4.69, 9.17) is 4.74 Å². The summed E-state index contributed by atoms with van der Waals surface area (Å²) in [5, 5.41) is 3.08. The van der Waals surface area contributed by atoms with Crippen molar-refractivity contribution >= 4 is 5.91 Å². The van der Waals surface area contributed by atoms with E-state index in [0.29, 0.717) is 37.3 Å². The highest BCUT2D eigenvalue weighted by molar-refractivity contribution is 5.76. The standard InChI is InChI=1S/C19H25FN2O2/c20-17-4-2-1-3-14(17)9-22-10-16-15(12-24-18(16)11-22)8-21-19(23)7-13-5-6-13/h1-4,13,15-16,18H,5-12H2,(H,21,23)/t15-,16-,18-/m1/s1. The highest BCUT2D eigenvalue weighted by atomic mass is 19.1. The molecule has 3 aliphatic rings. The van der Waals surface area contributed by atoms with Gasteiger partial charge in [0.15, 0.2) is 0 Å². The first-order valence-corrected chi connectivity index (χ1v) is 9.03. The maximum atomic E-state index is 13.8. The van der Waals surface area contributed by atoms with Crippen LogP contribution in [0.5, 0.6) is 0 Å². The second-order valence-corrected chi connectivity index (χ2v) is 7.53. The zero-order chi connectivity index (χ0) is 16.5. The SMILES string of the molecule is O=C(CC1CC1)NC[C@@H]1CO[C@@H]2CN(Cc3ccccc3F)C[C@H]12. The topological polar surface area (TPSA) is 41.6 Å². The fourth-order valence-electron chi connectivity index (χ4n) is 3.99. The monoisotopic (exact) mass is 332 g/mol. The van der Waals surface area contributed by atoms with Gasteiger partial charge in [-0.25, -0.2) is 4.39 Å². The summed E-state index contributed by atoms with van der Waals surface area (Å²) in [6.07, 6.45) is 3.31. The zero-order valence-electron chi connectivity index (χ0n) is 13.9. The molecule has 1 N–H and O–H groups in total. The number of nitrogens with one attached hydrogen (secondary N) is 1. The van der Waals surface area contributed by atoms with Crippen LogP contribution in [0, 0.1) is 23.6 Å². The van der Waals surface area contributed by atoms with Gasteiger partial charge >= 0.3 is 0 Å². The summed E-state index contributed by atoms with van der Waals surface area (Å²) in [6.45, 7) is 3.84. The van der Waals surface area contributed by atoms with Gasteiger partial charge in [0, 0.05) is 50.0 Å². The van der Waals surface area contributed by atoms with Crippen LogP contribution in [0.4, 0.5) is 4.39 Å². The predicted molar refractivity (Wildman–Crippen MR) is 88.7 cm³/mol. The molecule has 1 aromatic carbocycles. The molecule has 0 radical (unpaired) electrons. The highest BCUT2D eigenvalue weighted by Gasteiger charge is 2.43. The molecule has 5 heteroatoms. The maximum absolute atomic E-state index is 13.8. The third-order valence-electron chi connectivity index (χ3n) is 5.60. The minimum atomic E-state index is -0.139. The third kappa shape index (κ3) is 3.62. The number of fused-ring (bicyclic) bond motifs is 1. The molecule has 4 nitrogen and oxygen atoms in total. The van der Waals surface area contributed by atoms with Crippen LogP contribution in [0.3, 0.4) is 0 Å². The van der Waals surface area contributed by atoms with Crippen LogP contribution >= 0.6 is 0 Å². The molecule has 3 atom stereocenters. The van der Waals surface area contributed by atoms with Gasteiger partial charge < -0.3 is 10.1 Å². The van der Waals surface area contributed by atoms with E-state index in [9.17, 15) is 9.18 Å². The van der Waals surface area contributed by atoms with Crippen LogP contribution < -0.4 is 5.32 Å². The number of hydrogen-bond donors (Lipinski definition) is 1. The smallest absolute Gasteiger partial charge is 0.220 e. The molecular formula is C19H25FN2O2. The normalized spacial score (nSPS) is 29.6. The minimum absolute atomic E-state index is 0.139. The highest BCUT2D eigenvalue weighted by Crippen LogP contribution is 2.35. The average Bonchev–Trinajstić information content (AvgIpc) is 3.16. The fourth-order valence-corrected chi connectivity index (χ4v) is 3.99. The number of amides is 1. The number of hydrogen-bond acceptors (Lipinski definition) is 3. The summed E-state index contributed by atoms with van der Waals surface area (Å²) >= 11 is 0. The Bertz CT molecular complexity index is 605. The van der Waals surface area contributed by atoms with E-state index in [2.05, 4.69) is 10.2 Å². The quantitative estimate of drug-likeness (QED) is 0.868. The van der Waals surface area contributed by atoms with Crippen LogP contribution in [0.1, 0.15) is 24.8 Å². The van der Waals surface area contributed by atoms with Crippen LogP contribution in [-0.2, 0) is 16.1 Å². The van der Waals surface area contributed by atoms with Crippen molar-refractivity contribution in [2.24, 2.45) is 17.8 Å². The molecule has 1 aliphatic carbocycles. The van der Waals surface area contributed by atoms with E-state index in [1.165, 1.54) is 18.9 Å². The Kier molecular flexibility index (Phi) is 4.55. The van der Waals surface area contributed by atoms with E-state index < -0.39 is 0 Å². The maximum Gasteiger partial charge on any atom is 0.220 e. The Morgan fingerprint density at radius 3 is 2.92 bits per heavy atom. The Hall–Kier alpha value is -1.46. The molecule has 0 spiro atoms. The summed E-state index contributed by atoms with van der Waals surface area (Å²) in [5.74, 6) is 1.49. The first-order chi connectivity index (χ1) is 11.7. The molecule has 2 heterocycles. The van der Waals surface area contributed by atoms with Gasteiger partial charge in [-0.3, -0.25) is 9.69 Å². The lowest BCUT2D eigenvalue weighted by molar-refractivity contribution is -0.121. The zero-order valence-corrected chi connectivity index (χ0v) is 13.9. The third-order valence-corrected chi connectivity index (χ3v) is 5.60. The van der Waals surface area contributed by atoms with Crippen molar-refractivity contribution in [2.75, 3.05) is 26.2 Å². The summed E-state index contributed by atoms with van der Waals surface area (Å²) in [4.78, 5) is 14.2. The minimum Gasteiger partial charge on any atom is -0.376 e. The molecule has 2 aliphatic heterocycles. The summed E-state index contributed by atoms with van der Waals surface area (Å²) < 4.78 is 19.8. The molecule has 3 fully saturated rings. The van der Waals surface area contributed by atoms with E-state index in [1.807, 2.05) is 12.1 Å². The van der Waals surface area contributed by atoms with Gasteiger partial charge in [0.05, 0.1) is 12.7 Å². The number of rotatable bonds is 6. The summed E-state index contributed by atoms with van der Waals surface area (Å²) in [7, 11) is 0. The molecule has 0 unspecified atom stereocenters. The van der Waals surface area contributed by atoms with E-state index >= 15 is 0 Å². The second-order valence-electron chi connectivity index (χ2n) is 7.53. The van der Waals surface area contributed by atoms with Gasteiger partial charge in [0.2, 0.25) is 5.91 Å². The number of halogens is 1. The van der Waals surface area contributed by atoms with Crippen molar-refractivity contribution in [1.82, 2.24) is 10.2 Å². The molecule has 24 heavy (non-hydrogen) atoms. The Morgan fingerprint density at radius 2 is 2.12 bits per heavy atom. The molecule has 1 saturated carbocycles. The molecule has 0 bridgehead atoms. The fraction of sp³-hybridized carbons (Fsp3) is 0.632. The number of nitrogens with zero attached hydrogens (tertiary/aromatic N) is 1. The van der Waals surface area contributed by atoms with Crippen molar-refractivity contribution in [1.29, 1.82) is 0 Å². The van der Waals surface area contributed by atoms with Gasteiger partial charge in [0.25, 0.3) is 0 Å². The molecule has 0 aromatic heterocycles. The van der Waals surface area contributed by atoms with Crippen LogP contribution in [0.25, 0.3) is 0 Å². The lowest BCUT2D eigenvalue weighted by Gasteiger charge is -2.20. The number of carbonyl (C=O) groups excluding carboxylic acids is 1. The first-order valence-electron chi connectivity index (χ1n) is 9.03. The lowest BCUT2D eigenvalue weighted by Crippen LogP contribution is -2.34. The average molecular weight is 332 g/mol. The van der Waals surface area contributed by atoms with Gasteiger partial charge in [-0.05, 0) is 24.8 Å². The van der Waals surface area contributed by atoms with Crippen molar-refractivity contribution in [2.45, 2.75) is 31.9 Å². The van der Waals surface area contributed by atoms with Gasteiger partial charge in [-0.15, -0.1) is 0 Å². The van der Waals surface area contributed by atoms with Crippen molar-refractivity contribution < 1.29 is 13.9 Å². The Morgan fingerprint density at radius 1 is 1.29 bits per heavy atom. The van der Waals surface area contributed by atoms with E-state index in [0.717, 1.165) is 25.3 Å². The van der Waals surface area contributed by atoms with Crippen LogP contribution in [0.15, 0.2) is 24.3 Å². The van der Waals surface area contributed by atoms with Gasteiger partial charge in [-0.2, -0.15) is 0 Å². The van der Waals surface area contributed by atoms with E-state index in [-0.39, 0.29) is 17.8 Å². The molecular weight excluding hydrogens is 307 g/mol. The number of carbonyl (C=O) groups is 1. The van der Waals surface area contributed by atoms with Crippen LogP contribution in [0.2, 0.25) is 0 Å². The molecule has 1 aromatic rings. The molecule has 2 saturated heterocycles. The molecule has 130 valence electrons. The van der Waals surface area contributed by atoms with Gasteiger partial charge in [-0.1, -0.05) is 18.2 Å².